The standard InChI is InChI=1S/2C22H40O2/c2*1-3-5-7-8-9-10-11-12-13-14-15-16-17-18-19-20-22(23)24-21-6-4-2/h2*9-10,12-13H,3-8,11,14-21H2,1-2H3. The van der Waals surface area contributed by atoms with E-state index in [-0.39, 0.29) is 11.9 Å². The van der Waals surface area contributed by atoms with Gasteiger partial charge in [-0.2, -0.15) is 0 Å². The van der Waals surface area contributed by atoms with Crippen LogP contribution >= 0.6 is 0 Å². The van der Waals surface area contributed by atoms with Crippen LogP contribution in [0.25, 0.3) is 0 Å². The van der Waals surface area contributed by atoms with Crippen LogP contribution in [-0.4, -0.2) is 25.2 Å². The van der Waals surface area contributed by atoms with E-state index in [0.717, 1.165) is 64.2 Å². The zero-order valence-corrected chi connectivity index (χ0v) is 32.5. The lowest BCUT2D eigenvalue weighted by molar-refractivity contribution is -0.144. The number of hydrogen-bond donors (Lipinski definition) is 0. The van der Waals surface area contributed by atoms with Gasteiger partial charge in [-0.25, -0.2) is 0 Å². The summed E-state index contributed by atoms with van der Waals surface area (Å²) in [7, 11) is 0. The smallest absolute Gasteiger partial charge is 0.305 e. The van der Waals surface area contributed by atoms with Crippen molar-refractivity contribution in [2.75, 3.05) is 13.2 Å². The van der Waals surface area contributed by atoms with Gasteiger partial charge in [0, 0.05) is 12.8 Å². The molecule has 0 aliphatic carbocycles. The fourth-order valence-electron chi connectivity index (χ4n) is 4.97. The summed E-state index contributed by atoms with van der Waals surface area (Å²) in [6, 6.07) is 0. The van der Waals surface area contributed by atoms with Gasteiger partial charge in [-0.3, -0.25) is 9.59 Å². The molecule has 0 aromatic carbocycles. The molecular weight excluding hydrogens is 592 g/mol. The Bertz CT molecular complexity index is 700. The maximum absolute atomic E-state index is 11.4. The lowest BCUT2D eigenvalue weighted by atomic mass is 10.1. The summed E-state index contributed by atoms with van der Waals surface area (Å²) in [6.45, 7) is 9.89. The maximum atomic E-state index is 11.4. The second-order valence-corrected chi connectivity index (χ2v) is 13.1. The number of hydrogen-bond acceptors (Lipinski definition) is 4. The van der Waals surface area contributed by atoms with Crippen molar-refractivity contribution >= 4 is 11.9 Å². The Balaban J connectivity index is 0. The molecule has 4 heteroatoms. The molecule has 0 heterocycles. The third-order valence-electron chi connectivity index (χ3n) is 8.18. The molecular formula is C44H80O4. The summed E-state index contributed by atoms with van der Waals surface area (Å²) < 4.78 is 10.3. The molecule has 0 saturated heterocycles. The van der Waals surface area contributed by atoms with Gasteiger partial charge < -0.3 is 9.47 Å². The highest BCUT2D eigenvalue weighted by molar-refractivity contribution is 5.69. The van der Waals surface area contributed by atoms with Crippen LogP contribution in [0.5, 0.6) is 0 Å². The van der Waals surface area contributed by atoms with Crippen molar-refractivity contribution in [3.63, 3.8) is 0 Å². The minimum Gasteiger partial charge on any atom is -0.466 e. The van der Waals surface area contributed by atoms with E-state index >= 15 is 0 Å². The molecule has 0 aromatic heterocycles. The van der Waals surface area contributed by atoms with E-state index < -0.39 is 0 Å². The van der Waals surface area contributed by atoms with Crippen molar-refractivity contribution in [3.8, 4) is 0 Å². The summed E-state index contributed by atoms with van der Waals surface area (Å²) >= 11 is 0. The molecule has 0 radical (unpaired) electrons. The van der Waals surface area contributed by atoms with Crippen LogP contribution in [0.2, 0.25) is 0 Å². The Morgan fingerprint density at radius 1 is 0.354 bits per heavy atom. The quantitative estimate of drug-likeness (QED) is 0.0388. The highest BCUT2D eigenvalue weighted by Crippen LogP contribution is 2.10. The predicted octanol–water partition coefficient (Wildman–Crippen LogP) is 14.3. The third kappa shape index (κ3) is 46.0. The van der Waals surface area contributed by atoms with Crippen molar-refractivity contribution in [3.05, 3.63) is 48.6 Å². The van der Waals surface area contributed by atoms with Crippen molar-refractivity contribution in [2.45, 2.75) is 207 Å². The van der Waals surface area contributed by atoms with E-state index in [1.807, 2.05) is 0 Å². The van der Waals surface area contributed by atoms with Crippen molar-refractivity contribution in [2.24, 2.45) is 0 Å². The van der Waals surface area contributed by atoms with Crippen molar-refractivity contribution in [1.82, 2.24) is 0 Å². The molecule has 0 aliphatic rings. The average Bonchev–Trinajstić information content (AvgIpc) is 3.08. The van der Waals surface area contributed by atoms with E-state index in [1.54, 1.807) is 0 Å². The lowest BCUT2D eigenvalue weighted by Gasteiger charge is -2.03. The van der Waals surface area contributed by atoms with Gasteiger partial charge in [-0.1, -0.05) is 153 Å². The molecule has 0 rings (SSSR count). The van der Waals surface area contributed by atoms with E-state index in [2.05, 4.69) is 76.3 Å². The van der Waals surface area contributed by atoms with Crippen LogP contribution in [0.3, 0.4) is 0 Å². The van der Waals surface area contributed by atoms with Gasteiger partial charge in [0.15, 0.2) is 0 Å². The Morgan fingerprint density at radius 3 is 0.979 bits per heavy atom. The lowest BCUT2D eigenvalue weighted by Crippen LogP contribution is -2.05. The monoisotopic (exact) mass is 673 g/mol. The van der Waals surface area contributed by atoms with Crippen LogP contribution in [0.1, 0.15) is 207 Å². The Hall–Kier alpha value is -2.10. The van der Waals surface area contributed by atoms with Crippen LogP contribution in [0.4, 0.5) is 0 Å². The molecule has 0 aromatic rings. The van der Waals surface area contributed by atoms with Crippen LogP contribution in [-0.2, 0) is 19.1 Å². The first-order chi connectivity index (χ1) is 23.6. The van der Waals surface area contributed by atoms with Gasteiger partial charge in [0.05, 0.1) is 13.2 Å². The van der Waals surface area contributed by atoms with E-state index in [0.29, 0.717) is 26.1 Å². The molecule has 0 unspecified atom stereocenters. The molecule has 0 atom stereocenters. The zero-order valence-electron chi connectivity index (χ0n) is 32.5. The summed E-state index contributed by atoms with van der Waals surface area (Å²) in [6.07, 6.45) is 50.4. The van der Waals surface area contributed by atoms with Gasteiger partial charge in [0.2, 0.25) is 0 Å². The van der Waals surface area contributed by atoms with Crippen LogP contribution in [0, 0.1) is 0 Å². The Labute approximate surface area is 299 Å². The van der Waals surface area contributed by atoms with Crippen molar-refractivity contribution in [1.29, 1.82) is 0 Å². The van der Waals surface area contributed by atoms with E-state index in [4.69, 9.17) is 9.47 Å². The number of esters is 2. The number of rotatable bonds is 34. The maximum Gasteiger partial charge on any atom is 0.305 e. The Kier molecular flexibility index (Phi) is 44.9. The molecule has 0 saturated carbocycles. The summed E-state index contributed by atoms with van der Waals surface area (Å²) in [4.78, 5) is 22.8. The zero-order chi connectivity index (χ0) is 35.4. The average molecular weight is 673 g/mol. The highest BCUT2D eigenvalue weighted by atomic mass is 16.5. The molecule has 0 amide bonds. The number of carbonyl (C=O) groups is 2. The normalized spacial score (nSPS) is 11.6. The summed E-state index contributed by atoms with van der Waals surface area (Å²) in [5.41, 5.74) is 0. The molecule has 0 N–H and O–H groups in total. The van der Waals surface area contributed by atoms with Gasteiger partial charge in [0.1, 0.15) is 0 Å². The minimum atomic E-state index is -0.0193. The molecule has 0 spiro atoms. The largest absolute Gasteiger partial charge is 0.466 e. The van der Waals surface area contributed by atoms with E-state index in [1.165, 1.54) is 103 Å². The predicted molar refractivity (Wildman–Crippen MR) is 210 cm³/mol. The van der Waals surface area contributed by atoms with E-state index in [9.17, 15) is 9.59 Å². The first-order valence-corrected chi connectivity index (χ1v) is 20.5. The molecule has 0 bridgehead atoms. The molecule has 280 valence electrons. The SMILES string of the molecule is CCCCCC=CCC=CCCCCCCCC(=O)OCCCC.CCCCCC=CCC=CCCCCCCCC(=O)OCCCC. The molecule has 0 fully saturated rings. The molecule has 48 heavy (non-hydrogen) atoms. The van der Waals surface area contributed by atoms with Crippen LogP contribution in [0.15, 0.2) is 48.6 Å². The highest BCUT2D eigenvalue weighted by Gasteiger charge is 2.02. The van der Waals surface area contributed by atoms with Gasteiger partial charge >= 0.3 is 11.9 Å². The number of carbonyl (C=O) groups excluding carboxylic acids is 2. The van der Waals surface area contributed by atoms with Crippen molar-refractivity contribution < 1.29 is 19.1 Å². The molecule has 4 nitrogen and oxygen atoms in total. The number of ether oxygens (including phenoxy) is 2. The summed E-state index contributed by atoms with van der Waals surface area (Å²) in [5.74, 6) is -0.0386. The number of unbranched alkanes of at least 4 members (excludes halogenated alkanes) is 18. The summed E-state index contributed by atoms with van der Waals surface area (Å²) in [5, 5.41) is 0. The second kappa shape index (κ2) is 44.9. The fourth-order valence-corrected chi connectivity index (χ4v) is 4.97. The van der Waals surface area contributed by atoms with Gasteiger partial charge in [-0.05, 0) is 89.9 Å². The fraction of sp³-hybridized carbons (Fsp3) is 0.773. The number of allylic oxidation sites excluding steroid dienone is 8. The first kappa shape index (κ1) is 48.0. The third-order valence-corrected chi connectivity index (χ3v) is 8.18. The van der Waals surface area contributed by atoms with Gasteiger partial charge in [-0.15, -0.1) is 0 Å². The molecule has 0 aliphatic heterocycles. The topological polar surface area (TPSA) is 52.6 Å². The van der Waals surface area contributed by atoms with Gasteiger partial charge in [0.25, 0.3) is 0 Å². The Morgan fingerprint density at radius 2 is 0.646 bits per heavy atom. The van der Waals surface area contributed by atoms with Crippen LogP contribution < -0.4 is 0 Å². The first-order valence-electron chi connectivity index (χ1n) is 20.5. The minimum absolute atomic E-state index is 0.0193. The second-order valence-electron chi connectivity index (χ2n) is 13.1.